The third kappa shape index (κ3) is 4.88. The zero-order chi connectivity index (χ0) is 43.6. The van der Waals surface area contributed by atoms with Crippen molar-refractivity contribution in [2.24, 2.45) is 0 Å². The lowest BCUT2D eigenvalue weighted by atomic mass is 9.79. The summed E-state index contributed by atoms with van der Waals surface area (Å²) in [5.41, 5.74) is 11.8. The van der Waals surface area contributed by atoms with E-state index in [1.807, 2.05) is 0 Å². The second-order valence-electron chi connectivity index (χ2n) is 20.0. The molecule has 306 valence electrons. The van der Waals surface area contributed by atoms with E-state index in [4.69, 9.17) is 0 Å². The van der Waals surface area contributed by atoms with E-state index in [-0.39, 0.29) is 5.41 Å². The van der Waals surface area contributed by atoms with E-state index in [0.717, 1.165) is 0 Å². The Morgan fingerprint density at radius 1 is 0.242 bits per heavy atom. The van der Waals surface area contributed by atoms with Crippen LogP contribution in [-0.4, -0.2) is 0 Å². The van der Waals surface area contributed by atoms with Crippen LogP contribution in [0.2, 0.25) is 0 Å². The van der Waals surface area contributed by atoms with Gasteiger partial charge >= 0.3 is 0 Å². The van der Waals surface area contributed by atoms with Gasteiger partial charge in [0.25, 0.3) is 0 Å². The first-order valence-corrected chi connectivity index (χ1v) is 23.4. The van der Waals surface area contributed by atoms with Gasteiger partial charge in [0.15, 0.2) is 0 Å². The second-order valence-corrected chi connectivity index (χ2v) is 20.0. The lowest BCUT2D eigenvalue weighted by Gasteiger charge is -2.23. The number of benzene rings is 14. The van der Waals surface area contributed by atoms with Gasteiger partial charge < -0.3 is 0 Å². The van der Waals surface area contributed by atoms with E-state index >= 15 is 0 Å². The van der Waals surface area contributed by atoms with E-state index in [1.165, 1.54) is 158 Å². The summed E-state index contributed by atoms with van der Waals surface area (Å²) in [4.78, 5) is 0. The molecule has 0 bridgehead atoms. The predicted octanol–water partition coefficient (Wildman–Crippen LogP) is 18.9. The number of fused-ring (bicyclic) bond motifs is 13. The third-order valence-corrected chi connectivity index (χ3v) is 15.3. The molecule has 66 heavy (non-hydrogen) atoms. The van der Waals surface area contributed by atoms with Crippen LogP contribution in [-0.2, 0) is 5.41 Å². The molecule has 0 heterocycles. The fourth-order valence-electron chi connectivity index (χ4n) is 12.2. The van der Waals surface area contributed by atoms with Crippen LogP contribution >= 0.6 is 0 Å². The average Bonchev–Trinajstić information content (AvgIpc) is 3.67. The zero-order valence-corrected chi connectivity index (χ0v) is 37.1. The van der Waals surface area contributed by atoms with E-state index in [1.54, 1.807) is 0 Å². The number of hydrogen-bond donors (Lipinski definition) is 0. The molecule has 0 saturated heterocycles. The molecule has 15 rings (SSSR count). The van der Waals surface area contributed by atoms with Gasteiger partial charge in [-0.2, -0.15) is 0 Å². The van der Waals surface area contributed by atoms with E-state index in [0.29, 0.717) is 0 Å². The van der Waals surface area contributed by atoms with E-state index < -0.39 is 0 Å². The molecular weight excluding hydrogens is 793 g/mol. The largest absolute Gasteiger partial charge is 0.0616 e. The molecule has 0 atom stereocenters. The van der Waals surface area contributed by atoms with Gasteiger partial charge in [0.2, 0.25) is 0 Å². The molecule has 0 fully saturated rings. The standard InChI is InChI=1S/C66H42/c1-66(2,3)48-26-28-49-53(34-48)51-31-43-15-8-9-16-44(43)32-52(51)55-36-57-56(35-54(49)55)61(47-24-20-38-12-5-7-14-42(38)30-47)65-58-33-45-18-10-17-39-21-22-40-25-27-50(63(58)62(40)59(39)45)64(65)60(57)46-23-19-37-11-4-6-13-41(37)29-46/h4-36H,1-3H3. The number of rotatable bonds is 2. The molecule has 0 heteroatoms. The number of hydrogen-bond acceptors (Lipinski definition) is 0. The Hall–Kier alpha value is -8.06. The summed E-state index contributed by atoms with van der Waals surface area (Å²) in [7, 11) is 0. The highest BCUT2D eigenvalue weighted by Gasteiger charge is 2.33. The highest BCUT2D eigenvalue weighted by atomic mass is 14.4. The minimum atomic E-state index is 0.00532. The summed E-state index contributed by atoms with van der Waals surface area (Å²) in [6.45, 7) is 6.99. The van der Waals surface area contributed by atoms with Gasteiger partial charge in [0, 0.05) is 0 Å². The van der Waals surface area contributed by atoms with Crippen molar-refractivity contribution >= 4 is 108 Å². The fourth-order valence-corrected chi connectivity index (χ4v) is 12.2. The van der Waals surface area contributed by atoms with Gasteiger partial charge in [-0.15, -0.1) is 0 Å². The first-order valence-electron chi connectivity index (χ1n) is 23.4. The first kappa shape index (κ1) is 36.3. The highest BCUT2D eigenvalue weighted by molar-refractivity contribution is 6.38. The highest BCUT2D eigenvalue weighted by Crippen LogP contribution is 2.60. The lowest BCUT2D eigenvalue weighted by Crippen LogP contribution is -2.10. The Balaban J connectivity index is 1.21. The molecule has 0 nitrogen and oxygen atoms in total. The summed E-state index contributed by atoms with van der Waals surface area (Å²) in [5.74, 6) is 0. The minimum absolute atomic E-state index is 0.00532. The lowest BCUT2D eigenvalue weighted by molar-refractivity contribution is 0.591. The van der Waals surface area contributed by atoms with Crippen molar-refractivity contribution in [3.05, 3.63) is 206 Å². The Bertz CT molecular complexity index is 4480. The predicted molar refractivity (Wildman–Crippen MR) is 287 cm³/mol. The van der Waals surface area contributed by atoms with Gasteiger partial charge in [-0.05, 0) is 212 Å². The molecule has 1 aliphatic rings. The maximum absolute atomic E-state index is 2.59. The summed E-state index contributed by atoms with van der Waals surface area (Å²) < 4.78 is 0. The molecule has 14 aromatic rings. The molecule has 0 aromatic heterocycles. The molecular formula is C66H42. The molecule has 0 spiro atoms. The van der Waals surface area contributed by atoms with Crippen LogP contribution in [0.5, 0.6) is 0 Å². The van der Waals surface area contributed by atoms with Crippen molar-refractivity contribution in [2.45, 2.75) is 26.2 Å². The maximum atomic E-state index is 2.59. The first-order chi connectivity index (χ1) is 32.3. The Morgan fingerprint density at radius 3 is 1.30 bits per heavy atom. The summed E-state index contributed by atoms with van der Waals surface area (Å²) in [6.07, 6.45) is 0. The van der Waals surface area contributed by atoms with E-state index in [2.05, 4.69) is 221 Å². The summed E-state index contributed by atoms with van der Waals surface area (Å²) in [5, 5.41) is 25.9. The van der Waals surface area contributed by atoms with Crippen LogP contribution in [0.3, 0.4) is 0 Å². The van der Waals surface area contributed by atoms with Crippen molar-refractivity contribution in [1.29, 1.82) is 0 Å². The Kier molecular flexibility index (Phi) is 7.04. The molecule has 0 N–H and O–H groups in total. The van der Waals surface area contributed by atoms with Gasteiger partial charge in [0.05, 0.1) is 0 Å². The van der Waals surface area contributed by atoms with E-state index in [9.17, 15) is 0 Å². The van der Waals surface area contributed by atoms with Crippen LogP contribution in [0, 0.1) is 0 Å². The van der Waals surface area contributed by atoms with Crippen molar-refractivity contribution in [3.63, 3.8) is 0 Å². The van der Waals surface area contributed by atoms with Crippen molar-refractivity contribution < 1.29 is 0 Å². The Morgan fingerprint density at radius 2 is 0.697 bits per heavy atom. The zero-order valence-electron chi connectivity index (χ0n) is 37.1. The quantitative estimate of drug-likeness (QED) is 0.120. The Labute approximate surface area is 382 Å². The molecule has 0 aliphatic heterocycles. The molecule has 1 aliphatic carbocycles. The molecule has 0 amide bonds. The van der Waals surface area contributed by atoms with Gasteiger partial charge in [-0.3, -0.25) is 0 Å². The topological polar surface area (TPSA) is 0 Å². The van der Waals surface area contributed by atoms with Crippen LogP contribution < -0.4 is 0 Å². The van der Waals surface area contributed by atoms with Crippen LogP contribution in [0.4, 0.5) is 0 Å². The normalized spacial score (nSPS) is 12.8. The molecule has 0 unspecified atom stereocenters. The smallest absolute Gasteiger partial charge is 0.000718 e. The molecule has 14 aromatic carbocycles. The SMILES string of the molecule is CC(C)(C)c1ccc2c(c1)c1cc3ccccc3cc1c1cc3c(-c4ccc5ccccc5c4)c4c(c(-c5ccc6ccccc6c5)c3cc21)-c1cc2cccc3ccc5ccc-4c1c5c32. The monoisotopic (exact) mass is 834 g/mol. The fraction of sp³-hybridized carbons (Fsp3) is 0.0606. The van der Waals surface area contributed by atoms with Gasteiger partial charge in [-0.1, -0.05) is 172 Å². The maximum Gasteiger partial charge on any atom is -0.000718 e. The molecule has 0 radical (unpaired) electrons. The minimum Gasteiger partial charge on any atom is -0.0616 e. The molecule has 0 saturated carbocycles. The summed E-state index contributed by atoms with van der Waals surface area (Å²) >= 11 is 0. The average molecular weight is 835 g/mol. The summed E-state index contributed by atoms with van der Waals surface area (Å²) in [6, 6.07) is 77.0. The van der Waals surface area contributed by atoms with Crippen LogP contribution in [0.25, 0.3) is 152 Å². The van der Waals surface area contributed by atoms with Crippen LogP contribution in [0.1, 0.15) is 26.3 Å². The second kappa shape index (κ2) is 12.8. The van der Waals surface area contributed by atoms with Crippen molar-refractivity contribution in [2.75, 3.05) is 0 Å². The van der Waals surface area contributed by atoms with Crippen LogP contribution in [0.15, 0.2) is 200 Å². The van der Waals surface area contributed by atoms with Gasteiger partial charge in [-0.25, -0.2) is 0 Å². The third-order valence-electron chi connectivity index (χ3n) is 15.3. The van der Waals surface area contributed by atoms with Gasteiger partial charge in [0.1, 0.15) is 0 Å². The van der Waals surface area contributed by atoms with Crippen molar-refractivity contribution in [3.8, 4) is 44.5 Å². The van der Waals surface area contributed by atoms with Crippen molar-refractivity contribution in [1.82, 2.24) is 0 Å².